The molecule has 5 heteroatoms. The third-order valence-corrected chi connectivity index (χ3v) is 2.77. The molecular weight excluding hydrogens is 248 g/mol. The number of ether oxygens (including phenoxy) is 2. The Labute approximate surface area is 112 Å². The number of aliphatic hydroxyl groups excluding tert-OH is 1. The SMILES string of the molecule is CCCC(Oc1ccc(C(C)O)cc1OC)C(=O)O. The molecule has 0 saturated heterocycles. The van der Waals surface area contributed by atoms with Crippen LogP contribution in [0.15, 0.2) is 18.2 Å². The lowest BCUT2D eigenvalue weighted by molar-refractivity contribution is -0.145. The van der Waals surface area contributed by atoms with E-state index in [1.807, 2.05) is 6.92 Å². The van der Waals surface area contributed by atoms with E-state index in [1.165, 1.54) is 7.11 Å². The van der Waals surface area contributed by atoms with E-state index in [4.69, 9.17) is 14.6 Å². The van der Waals surface area contributed by atoms with Crippen molar-refractivity contribution in [3.05, 3.63) is 23.8 Å². The normalized spacial score (nSPS) is 13.7. The van der Waals surface area contributed by atoms with Crippen molar-refractivity contribution < 1.29 is 24.5 Å². The van der Waals surface area contributed by atoms with Gasteiger partial charge in [-0.2, -0.15) is 0 Å². The van der Waals surface area contributed by atoms with E-state index in [2.05, 4.69) is 0 Å². The highest BCUT2D eigenvalue weighted by molar-refractivity contribution is 5.72. The summed E-state index contributed by atoms with van der Waals surface area (Å²) in [4.78, 5) is 11.1. The average molecular weight is 268 g/mol. The number of rotatable bonds is 7. The highest BCUT2D eigenvalue weighted by Crippen LogP contribution is 2.31. The molecule has 0 radical (unpaired) electrons. The number of methoxy groups -OCH3 is 1. The maximum absolute atomic E-state index is 11.1. The molecule has 2 atom stereocenters. The first-order chi connectivity index (χ1) is 8.99. The van der Waals surface area contributed by atoms with Gasteiger partial charge in [0, 0.05) is 0 Å². The van der Waals surface area contributed by atoms with Crippen LogP contribution < -0.4 is 9.47 Å². The van der Waals surface area contributed by atoms with E-state index in [9.17, 15) is 9.90 Å². The van der Waals surface area contributed by atoms with Crippen molar-refractivity contribution in [2.45, 2.75) is 38.9 Å². The molecule has 1 aromatic rings. The molecule has 2 N–H and O–H groups in total. The quantitative estimate of drug-likeness (QED) is 0.794. The number of aliphatic hydroxyl groups is 1. The molecule has 0 aliphatic carbocycles. The number of benzene rings is 1. The van der Waals surface area contributed by atoms with Gasteiger partial charge in [0.15, 0.2) is 17.6 Å². The number of carboxylic acids is 1. The molecule has 19 heavy (non-hydrogen) atoms. The lowest BCUT2D eigenvalue weighted by Gasteiger charge is -2.17. The summed E-state index contributed by atoms with van der Waals surface area (Å²) >= 11 is 0. The van der Waals surface area contributed by atoms with Gasteiger partial charge in [-0.15, -0.1) is 0 Å². The van der Waals surface area contributed by atoms with E-state index < -0.39 is 18.2 Å². The van der Waals surface area contributed by atoms with E-state index in [0.717, 1.165) is 0 Å². The molecule has 106 valence electrons. The van der Waals surface area contributed by atoms with Gasteiger partial charge >= 0.3 is 5.97 Å². The van der Waals surface area contributed by atoms with Gasteiger partial charge in [-0.05, 0) is 31.0 Å². The highest BCUT2D eigenvalue weighted by atomic mass is 16.5. The number of hydrogen-bond acceptors (Lipinski definition) is 4. The van der Waals surface area contributed by atoms with Crippen LogP contribution >= 0.6 is 0 Å². The van der Waals surface area contributed by atoms with E-state index >= 15 is 0 Å². The standard InChI is InChI=1S/C14H20O5/c1-4-5-12(14(16)17)19-11-7-6-10(9(2)15)8-13(11)18-3/h6-9,12,15H,4-5H2,1-3H3,(H,16,17). The minimum Gasteiger partial charge on any atom is -0.493 e. The number of carboxylic acid groups (broad SMARTS) is 1. The van der Waals surface area contributed by atoms with Crippen molar-refractivity contribution in [2.24, 2.45) is 0 Å². The first-order valence-electron chi connectivity index (χ1n) is 6.25. The van der Waals surface area contributed by atoms with Crippen LogP contribution in [0, 0.1) is 0 Å². The Kier molecular flexibility index (Phi) is 5.63. The van der Waals surface area contributed by atoms with Crippen LogP contribution in [0.5, 0.6) is 11.5 Å². The van der Waals surface area contributed by atoms with Gasteiger partial charge in [-0.25, -0.2) is 4.79 Å². The van der Waals surface area contributed by atoms with Gasteiger partial charge in [0.05, 0.1) is 13.2 Å². The molecule has 0 fully saturated rings. The molecule has 0 bridgehead atoms. The van der Waals surface area contributed by atoms with Gasteiger partial charge in [0.25, 0.3) is 0 Å². The van der Waals surface area contributed by atoms with Crippen LogP contribution in [0.3, 0.4) is 0 Å². The van der Waals surface area contributed by atoms with Crippen molar-refractivity contribution in [3.63, 3.8) is 0 Å². The Balaban J connectivity index is 2.96. The zero-order valence-electron chi connectivity index (χ0n) is 11.4. The predicted molar refractivity (Wildman–Crippen MR) is 70.6 cm³/mol. The first kappa shape index (κ1) is 15.3. The van der Waals surface area contributed by atoms with E-state index in [0.29, 0.717) is 29.9 Å². The molecular formula is C14H20O5. The Morgan fingerprint density at radius 1 is 1.37 bits per heavy atom. The maximum atomic E-state index is 11.1. The molecule has 0 amide bonds. The molecule has 0 aliphatic rings. The Bertz CT molecular complexity index is 428. The summed E-state index contributed by atoms with van der Waals surface area (Å²) in [7, 11) is 1.48. The lowest BCUT2D eigenvalue weighted by Crippen LogP contribution is -2.26. The van der Waals surface area contributed by atoms with Gasteiger partial charge in [-0.1, -0.05) is 19.4 Å². The van der Waals surface area contributed by atoms with Crippen LogP contribution in [0.4, 0.5) is 0 Å². The fraction of sp³-hybridized carbons (Fsp3) is 0.500. The summed E-state index contributed by atoms with van der Waals surface area (Å²) in [5.74, 6) is -0.211. The zero-order chi connectivity index (χ0) is 14.4. The molecule has 1 aromatic carbocycles. The molecule has 0 spiro atoms. The van der Waals surface area contributed by atoms with Gasteiger partial charge in [0.1, 0.15) is 0 Å². The topological polar surface area (TPSA) is 76.0 Å². The van der Waals surface area contributed by atoms with Gasteiger partial charge in [0.2, 0.25) is 0 Å². The van der Waals surface area contributed by atoms with Crippen LogP contribution in [0.25, 0.3) is 0 Å². The lowest BCUT2D eigenvalue weighted by atomic mass is 10.1. The third-order valence-electron chi connectivity index (χ3n) is 2.77. The summed E-state index contributed by atoms with van der Waals surface area (Å²) in [6.07, 6.45) is -0.369. The Hall–Kier alpha value is -1.75. The van der Waals surface area contributed by atoms with Crippen LogP contribution in [0.2, 0.25) is 0 Å². The fourth-order valence-electron chi connectivity index (χ4n) is 1.69. The van der Waals surface area contributed by atoms with Gasteiger partial charge < -0.3 is 19.7 Å². The van der Waals surface area contributed by atoms with Crippen LogP contribution in [0.1, 0.15) is 38.4 Å². The molecule has 5 nitrogen and oxygen atoms in total. The number of hydrogen-bond donors (Lipinski definition) is 2. The second-order valence-corrected chi connectivity index (χ2v) is 4.32. The van der Waals surface area contributed by atoms with Crippen molar-refractivity contribution in [3.8, 4) is 11.5 Å². The van der Waals surface area contributed by atoms with Crippen molar-refractivity contribution in [1.29, 1.82) is 0 Å². The molecule has 1 rings (SSSR count). The predicted octanol–water partition coefficient (Wildman–Crippen LogP) is 2.38. The fourth-order valence-corrected chi connectivity index (χ4v) is 1.69. The van der Waals surface area contributed by atoms with Gasteiger partial charge in [-0.3, -0.25) is 0 Å². The molecule has 0 heterocycles. The Morgan fingerprint density at radius 3 is 2.53 bits per heavy atom. The smallest absolute Gasteiger partial charge is 0.344 e. The number of aliphatic carboxylic acids is 1. The third kappa shape index (κ3) is 4.13. The largest absolute Gasteiger partial charge is 0.493 e. The minimum absolute atomic E-state index is 0.368. The monoisotopic (exact) mass is 268 g/mol. The summed E-state index contributed by atoms with van der Waals surface area (Å²) in [6.45, 7) is 3.54. The molecule has 0 aliphatic heterocycles. The van der Waals surface area contributed by atoms with E-state index in [1.54, 1.807) is 25.1 Å². The zero-order valence-corrected chi connectivity index (χ0v) is 11.4. The first-order valence-corrected chi connectivity index (χ1v) is 6.25. The van der Waals surface area contributed by atoms with Crippen molar-refractivity contribution in [2.75, 3.05) is 7.11 Å². The highest BCUT2D eigenvalue weighted by Gasteiger charge is 2.20. The maximum Gasteiger partial charge on any atom is 0.344 e. The second kappa shape index (κ2) is 6.99. The molecule has 0 aromatic heterocycles. The summed E-state index contributed by atoms with van der Waals surface area (Å²) in [6, 6.07) is 4.95. The van der Waals surface area contributed by atoms with Crippen molar-refractivity contribution in [1.82, 2.24) is 0 Å². The van der Waals surface area contributed by atoms with Crippen LogP contribution in [-0.2, 0) is 4.79 Å². The average Bonchev–Trinajstić information content (AvgIpc) is 2.38. The van der Waals surface area contributed by atoms with Crippen molar-refractivity contribution >= 4 is 5.97 Å². The minimum atomic E-state index is -0.997. The summed E-state index contributed by atoms with van der Waals surface area (Å²) in [5, 5.41) is 18.6. The summed E-state index contributed by atoms with van der Waals surface area (Å²) in [5.41, 5.74) is 0.687. The van der Waals surface area contributed by atoms with E-state index in [-0.39, 0.29) is 0 Å². The van der Waals surface area contributed by atoms with Crippen LogP contribution in [-0.4, -0.2) is 29.4 Å². The molecule has 0 saturated carbocycles. The Morgan fingerprint density at radius 2 is 2.05 bits per heavy atom. The second-order valence-electron chi connectivity index (χ2n) is 4.32. The number of carbonyl (C=O) groups is 1. The summed E-state index contributed by atoms with van der Waals surface area (Å²) < 4.78 is 10.6. The molecule has 2 unspecified atom stereocenters.